The topological polar surface area (TPSA) is 59.0 Å². The van der Waals surface area contributed by atoms with Gasteiger partial charge in [0.2, 0.25) is 0 Å². The SMILES string of the molecule is COc1ccc(CN2CCCC(C)C2C(=O)O)cc1OC. The summed E-state index contributed by atoms with van der Waals surface area (Å²) in [7, 11) is 3.20. The van der Waals surface area contributed by atoms with E-state index in [4.69, 9.17) is 9.47 Å². The zero-order valence-corrected chi connectivity index (χ0v) is 12.8. The lowest BCUT2D eigenvalue weighted by atomic mass is 9.90. The number of ether oxygens (including phenoxy) is 2. The van der Waals surface area contributed by atoms with Crippen molar-refractivity contribution >= 4 is 5.97 Å². The first kappa shape index (κ1) is 15.6. The van der Waals surface area contributed by atoms with Crippen molar-refractivity contribution in [1.82, 2.24) is 4.90 Å². The summed E-state index contributed by atoms with van der Waals surface area (Å²) in [4.78, 5) is 13.5. The van der Waals surface area contributed by atoms with Crippen molar-refractivity contribution in [2.75, 3.05) is 20.8 Å². The van der Waals surface area contributed by atoms with E-state index in [2.05, 4.69) is 0 Å². The fourth-order valence-electron chi connectivity index (χ4n) is 3.06. The number of hydrogen-bond acceptors (Lipinski definition) is 4. The molecule has 5 heteroatoms. The van der Waals surface area contributed by atoms with Crippen LogP contribution in [0.3, 0.4) is 0 Å². The van der Waals surface area contributed by atoms with E-state index >= 15 is 0 Å². The minimum absolute atomic E-state index is 0.177. The molecule has 116 valence electrons. The van der Waals surface area contributed by atoms with E-state index in [9.17, 15) is 9.90 Å². The van der Waals surface area contributed by atoms with Gasteiger partial charge in [-0.3, -0.25) is 9.69 Å². The van der Waals surface area contributed by atoms with E-state index in [1.807, 2.05) is 30.0 Å². The fraction of sp³-hybridized carbons (Fsp3) is 0.562. The molecular formula is C16H23NO4. The van der Waals surface area contributed by atoms with Crippen molar-refractivity contribution < 1.29 is 19.4 Å². The molecule has 1 heterocycles. The smallest absolute Gasteiger partial charge is 0.321 e. The van der Waals surface area contributed by atoms with Gasteiger partial charge in [0.15, 0.2) is 11.5 Å². The molecule has 1 N–H and O–H groups in total. The Morgan fingerprint density at radius 1 is 1.33 bits per heavy atom. The highest BCUT2D eigenvalue weighted by atomic mass is 16.5. The summed E-state index contributed by atoms with van der Waals surface area (Å²) in [6, 6.07) is 5.32. The molecule has 0 amide bonds. The normalized spacial score (nSPS) is 22.8. The number of methoxy groups -OCH3 is 2. The Labute approximate surface area is 125 Å². The lowest BCUT2D eigenvalue weighted by Crippen LogP contribution is -2.48. The first-order chi connectivity index (χ1) is 10.1. The Hall–Kier alpha value is -1.75. The third-order valence-corrected chi connectivity index (χ3v) is 4.12. The quantitative estimate of drug-likeness (QED) is 0.903. The third-order valence-electron chi connectivity index (χ3n) is 4.12. The van der Waals surface area contributed by atoms with Gasteiger partial charge in [-0.15, -0.1) is 0 Å². The lowest BCUT2D eigenvalue weighted by molar-refractivity contribution is -0.147. The van der Waals surface area contributed by atoms with Gasteiger partial charge in [-0.25, -0.2) is 0 Å². The molecule has 21 heavy (non-hydrogen) atoms. The Kier molecular flexibility index (Phi) is 5.07. The molecule has 1 saturated heterocycles. The molecule has 0 radical (unpaired) electrons. The molecule has 0 saturated carbocycles. The number of rotatable bonds is 5. The van der Waals surface area contributed by atoms with E-state index in [0.717, 1.165) is 24.9 Å². The summed E-state index contributed by atoms with van der Waals surface area (Å²) in [6.45, 7) is 3.44. The van der Waals surface area contributed by atoms with Gasteiger partial charge in [0.05, 0.1) is 14.2 Å². The molecule has 2 rings (SSSR count). The summed E-state index contributed by atoms with van der Waals surface area (Å²) in [5.41, 5.74) is 1.04. The molecule has 2 unspecified atom stereocenters. The number of piperidine rings is 1. The molecule has 2 atom stereocenters. The second-order valence-electron chi connectivity index (χ2n) is 5.56. The van der Waals surface area contributed by atoms with Crippen molar-refractivity contribution in [3.63, 3.8) is 0 Å². The van der Waals surface area contributed by atoms with Gasteiger partial charge in [-0.05, 0) is 43.0 Å². The Bertz CT molecular complexity index is 503. The zero-order chi connectivity index (χ0) is 15.4. The van der Waals surface area contributed by atoms with Crippen LogP contribution in [0.5, 0.6) is 11.5 Å². The minimum atomic E-state index is -0.734. The van der Waals surface area contributed by atoms with Crippen LogP contribution >= 0.6 is 0 Å². The molecule has 0 spiro atoms. The van der Waals surface area contributed by atoms with Crippen LogP contribution in [0.4, 0.5) is 0 Å². The van der Waals surface area contributed by atoms with Crippen LogP contribution in [0.15, 0.2) is 18.2 Å². The van der Waals surface area contributed by atoms with Crippen LogP contribution in [0, 0.1) is 5.92 Å². The summed E-state index contributed by atoms with van der Waals surface area (Å²) in [5, 5.41) is 9.45. The van der Waals surface area contributed by atoms with Crippen LogP contribution in [0.1, 0.15) is 25.3 Å². The highest BCUT2D eigenvalue weighted by Gasteiger charge is 2.34. The van der Waals surface area contributed by atoms with E-state index in [-0.39, 0.29) is 5.92 Å². The number of aliphatic carboxylic acids is 1. The molecule has 1 aliphatic heterocycles. The minimum Gasteiger partial charge on any atom is -0.493 e. The Balaban J connectivity index is 2.17. The number of nitrogens with zero attached hydrogens (tertiary/aromatic N) is 1. The largest absolute Gasteiger partial charge is 0.493 e. The van der Waals surface area contributed by atoms with Crippen LogP contribution < -0.4 is 9.47 Å². The standard InChI is InChI=1S/C16H23NO4/c1-11-5-4-8-17(15(11)16(18)19)10-12-6-7-13(20-2)14(9-12)21-3/h6-7,9,11,15H,4-5,8,10H2,1-3H3,(H,18,19). The molecule has 0 aromatic heterocycles. The second-order valence-corrected chi connectivity index (χ2v) is 5.56. The van der Waals surface area contributed by atoms with Gasteiger partial charge >= 0.3 is 5.97 Å². The van der Waals surface area contributed by atoms with Gasteiger partial charge in [-0.1, -0.05) is 13.0 Å². The number of likely N-dealkylation sites (tertiary alicyclic amines) is 1. The molecule has 1 aromatic carbocycles. The van der Waals surface area contributed by atoms with Crippen molar-refractivity contribution in [2.24, 2.45) is 5.92 Å². The van der Waals surface area contributed by atoms with Crippen LogP contribution in [-0.4, -0.2) is 42.8 Å². The predicted molar refractivity (Wildman–Crippen MR) is 79.8 cm³/mol. The van der Waals surface area contributed by atoms with Gasteiger partial charge < -0.3 is 14.6 Å². The maximum atomic E-state index is 11.5. The first-order valence-corrected chi connectivity index (χ1v) is 7.24. The Morgan fingerprint density at radius 2 is 2.05 bits per heavy atom. The van der Waals surface area contributed by atoms with Crippen molar-refractivity contribution in [2.45, 2.75) is 32.4 Å². The maximum absolute atomic E-state index is 11.5. The number of carboxylic acid groups (broad SMARTS) is 1. The average molecular weight is 293 g/mol. The molecule has 1 fully saturated rings. The first-order valence-electron chi connectivity index (χ1n) is 7.24. The molecule has 0 bridgehead atoms. The highest BCUT2D eigenvalue weighted by Crippen LogP contribution is 2.30. The number of benzene rings is 1. The van der Waals surface area contributed by atoms with E-state index < -0.39 is 12.0 Å². The molecule has 0 aliphatic carbocycles. The molecule has 1 aliphatic rings. The monoisotopic (exact) mass is 293 g/mol. The van der Waals surface area contributed by atoms with E-state index in [0.29, 0.717) is 18.0 Å². The predicted octanol–water partition coefficient (Wildman–Crippen LogP) is 2.39. The van der Waals surface area contributed by atoms with Crippen molar-refractivity contribution in [1.29, 1.82) is 0 Å². The van der Waals surface area contributed by atoms with Crippen LogP contribution in [0.2, 0.25) is 0 Å². The lowest BCUT2D eigenvalue weighted by Gasteiger charge is -2.37. The van der Waals surface area contributed by atoms with Crippen molar-refractivity contribution in [3.8, 4) is 11.5 Å². The number of carboxylic acids is 1. The molecular weight excluding hydrogens is 270 g/mol. The number of carbonyl (C=O) groups is 1. The van der Waals surface area contributed by atoms with Gasteiger partial charge in [0, 0.05) is 6.54 Å². The zero-order valence-electron chi connectivity index (χ0n) is 12.8. The molecule has 1 aromatic rings. The highest BCUT2D eigenvalue weighted by molar-refractivity contribution is 5.74. The van der Waals surface area contributed by atoms with Gasteiger partial charge in [0.1, 0.15) is 6.04 Å². The Morgan fingerprint density at radius 3 is 2.67 bits per heavy atom. The maximum Gasteiger partial charge on any atom is 0.321 e. The van der Waals surface area contributed by atoms with E-state index in [1.54, 1.807) is 14.2 Å². The van der Waals surface area contributed by atoms with Gasteiger partial charge in [-0.2, -0.15) is 0 Å². The summed E-state index contributed by atoms with van der Waals surface area (Å²) < 4.78 is 10.5. The average Bonchev–Trinajstić information content (AvgIpc) is 2.46. The van der Waals surface area contributed by atoms with Crippen LogP contribution in [-0.2, 0) is 11.3 Å². The third kappa shape index (κ3) is 3.47. The second kappa shape index (κ2) is 6.80. The van der Waals surface area contributed by atoms with Crippen LogP contribution in [0.25, 0.3) is 0 Å². The number of hydrogen-bond donors (Lipinski definition) is 1. The molecule has 5 nitrogen and oxygen atoms in total. The summed E-state index contributed by atoms with van der Waals surface area (Å²) in [5.74, 6) is 0.800. The fourth-order valence-corrected chi connectivity index (χ4v) is 3.06. The van der Waals surface area contributed by atoms with Gasteiger partial charge in [0.25, 0.3) is 0 Å². The van der Waals surface area contributed by atoms with Crippen molar-refractivity contribution in [3.05, 3.63) is 23.8 Å². The summed E-state index contributed by atoms with van der Waals surface area (Å²) >= 11 is 0. The summed E-state index contributed by atoms with van der Waals surface area (Å²) in [6.07, 6.45) is 2.01. The van der Waals surface area contributed by atoms with E-state index in [1.165, 1.54) is 0 Å².